The smallest absolute Gasteiger partial charge is 0.205 e. The lowest BCUT2D eigenvalue weighted by atomic mass is 9.89. The van der Waals surface area contributed by atoms with Gasteiger partial charge in [0.2, 0.25) is 5.13 Å². The zero-order chi connectivity index (χ0) is 10.0. The Kier molecular flexibility index (Phi) is 2.72. The van der Waals surface area contributed by atoms with E-state index in [1.54, 1.807) is 11.3 Å². The molecule has 0 aromatic carbocycles. The molecule has 0 amide bonds. The Bertz CT molecular complexity index is 302. The number of aryl methyl sites for hydroxylation is 1. The molecular weight excluding hydrogens is 194 g/mol. The number of hydrogen-bond donors (Lipinski definition) is 1. The first-order chi connectivity index (χ1) is 6.68. The molecule has 4 heteroatoms. The van der Waals surface area contributed by atoms with Gasteiger partial charge < -0.3 is 5.32 Å². The van der Waals surface area contributed by atoms with Crippen LogP contribution in [0.2, 0.25) is 0 Å². The zero-order valence-electron chi connectivity index (χ0n) is 8.84. The van der Waals surface area contributed by atoms with Crippen LogP contribution in [0, 0.1) is 12.3 Å². The molecule has 0 aliphatic heterocycles. The van der Waals surface area contributed by atoms with Crippen LogP contribution in [0.1, 0.15) is 37.6 Å². The van der Waals surface area contributed by atoms with Crippen LogP contribution < -0.4 is 5.32 Å². The topological polar surface area (TPSA) is 37.8 Å². The first-order valence-corrected chi connectivity index (χ1v) is 6.04. The van der Waals surface area contributed by atoms with Gasteiger partial charge >= 0.3 is 0 Å². The summed E-state index contributed by atoms with van der Waals surface area (Å²) >= 11 is 1.64. The van der Waals surface area contributed by atoms with Crippen molar-refractivity contribution in [3.63, 3.8) is 0 Å². The van der Waals surface area contributed by atoms with Crippen LogP contribution in [0.4, 0.5) is 5.13 Å². The minimum absolute atomic E-state index is 0.486. The predicted molar refractivity (Wildman–Crippen MR) is 59.7 cm³/mol. The Morgan fingerprint density at radius 2 is 2.07 bits per heavy atom. The van der Waals surface area contributed by atoms with Crippen LogP contribution >= 0.6 is 11.3 Å². The summed E-state index contributed by atoms with van der Waals surface area (Å²) in [6, 6.07) is 0. The summed E-state index contributed by atoms with van der Waals surface area (Å²) in [4.78, 5) is 0. The van der Waals surface area contributed by atoms with Crippen molar-refractivity contribution >= 4 is 16.5 Å². The van der Waals surface area contributed by atoms with E-state index in [0.717, 1.165) is 16.7 Å². The number of rotatable bonds is 3. The average molecular weight is 211 g/mol. The van der Waals surface area contributed by atoms with Crippen molar-refractivity contribution in [2.24, 2.45) is 5.41 Å². The van der Waals surface area contributed by atoms with Gasteiger partial charge in [-0.05, 0) is 25.2 Å². The monoisotopic (exact) mass is 211 g/mol. The molecule has 0 saturated heterocycles. The molecule has 1 heterocycles. The van der Waals surface area contributed by atoms with Gasteiger partial charge in [-0.2, -0.15) is 0 Å². The number of anilines is 1. The normalized spacial score (nSPS) is 19.9. The van der Waals surface area contributed by atoms with E-state index in [2.05, 4.69) is 22.4 Å². The Morgan fingerprint density at radius 1 is 1.36 bits per heavy atom. The fourth-order valence-electron chi connectivity index (χ4n) is 2.06. The molecule has 3 nitrogen and oxygen atoms in total. The van der Waals surface area contributed by atoms with Gasteiger partial charge in [0.1, 0.15) is 5.01 Å². The largest absolute Gasteiger partial charge is 0.360 e. The Hall–Kier alpha value is -0.640. The number of nitrogens with zero attached hydrogens (tertiary/aromatic N) is 2. The molecule has 0 atom stereocenters. The van der Waals surface area contributed by atoms with Gasteiger partial charge in [-0.25, -0.2) is 0 Å². The van der Waals surface area contributed by atoms with Crippen molar-refractivity contribution in [3.8, 4) is 0 Å². The molecule has 0 unspecified atom stereocenters. The van der Waals surface area contributed by atoms with Gasteiger partial charge in [0.15, 0.2) is 0 Å². The minimum Gasteiger partial charge on any atom is -0.360 e. The lowest BCUT2D eigenvalue weighted by Crippen LogP contribution is -2.22. The van der Waals surface area contributed by atoms with Crippen LogP contribution in [-0.4, -0.2) is 16.7 Å². The molecule has 1 N–H and O–H groups in total. The van der Waals surface area contributed by atoms with E-state index in [1.807, 2.05) is 6.92 Å². The van der Waals surface area contributed by atoms with E-state index >= 15 is 0 Å². The lowest BCUT2D eigenvalue weighted by molar-refractivity contribution is 0.362. The second kappa shape index (κ2) is 3.85. The van der Waals surface area contributed by atoms with E-state index in [4.69, 9.17) is 0 Å². The SMILES string of the molecule is Cc1nnc(NCC2(C)CCCC2)s1. The second-order valence-electron chi connectivity index (χ2n) is 4.50. The van der Waals surface area contributed by atoms with Crippen molar-refractivity contribution in [1.82, 2.24) is 10.2 Å². The van der Waals surface area contributed by atoms with E-state index in [0.29, 0.717) is 5.41 Å². The van der Waals surface area contributed by atoms with Crippen molar-refractivity contribution in [3.05, 3.63) is 5.01 Å². The van der Waals surface area contributed by atoms with Crippen LogP contribution in [-0.2, 0) is 0 Å². The predicted octanol–water partition coefficient (Wildman–Crippen LogP) is 2.84. The molecule has 1 aliphatic rings. The van der Waals surface area contributed by atoms with E-state index < -0.39 is 0 Å². The van der Waals surface area contributed by atoms with E-state index in [-0.39, 0.29) is 0 Å². The van der Waals surface area contributed by atoms with E-state index in [9.17, 15) is 0 Å². The van der Waals surface area contributed by atoms with E-state index in [1.165, 1.54) is 25.7 Å². The van der Waals surface area contributed by atoms with Crippen LogP contribution in [0.3, 0.4) is 0 Å². The summed E-state index contributed by atoms with van der Waals surface area (Å²) < 4.78 is 0. The van der Waals surface area contributed by atoms with Gasteiger partial charge in [0.25, 0.3) is 0 Å². The summed E-state index contributed by atoms with van der Waals surface area (Å²) in [6.07, 6.45) is 5.45. The molecule has 1 aromatic rings. The van der Waals surface area contributed by atoms with Gasteiger partial charge in [-0.3, -0.25) is 0 Å². The summed E-state index contributed by atoms with van der Waals surface area (Å²) in [7, 11) is 0. The molecular formula is C10H17N3S. The zero-order valence-corrected chi connectivity index (χ0v) is 9.65. The van der Waals surface area contributed by atoms with Crippen molar-refractivity contribution < 1.29 is 0 Å². The molecule has 78 valence electrons. The van der Waals surface area contributed by atoms with Gasteiger partial charge in [-0.1, -0.05) is 31.1 Å². The first-order valence-electron chi connectivity index (χ1n) is 5.22. The standard InChI is InChI=1S/C10H17N3S/c1-8-12-13-9(14-8)11-7-10(2)5-3-4-6-10/h3-7H2,1-2H3,(H,11,13). The highest BCUT2D eigenvalue weighted by Gasteiger charge is 2.28. The third-order valence-electron chi connectivity index (χ3n) is 3.00. The van der Waals surface area contributed by atoms with Gasteiger partial charge in [-0.15, -0.1) is 10.2 Å². The second-order valence-corrected chi connectivity index (χ2v) is 5.68. The summed E-state index contributed by atoms with van der Waals surface area (Å²) in [5, 5.41) is 13.4. The molecule has 1 aliphatic carbocycles. The minimum atomic E-state index is 0.486. The van der Waals surface area contributed by atoms with Crippen molar-refractivity contribution in [2.75, 3.05) is 11.9 Å². The Balaban J connectivity index is 1.87. The molecule has 0 spiro atoms. The first kappa shape index (κ1) is 9.90. The average Bonchev–Trinajstić information content (AvgIpc) is 2.73. The molecule has 2 rings (SSSR count). The summed E-state index contributed by atoms with van der Waals surface area (Å²) in [6.45, 7) is 5.39. The van der Waals surface area contributed by atoms with Crippen LogP contribution in [0.5, 0.6) is 0 Å². The summed E-state index contributed by atoms with van der Waals surface area (Å²) in [5.74, 6) is 0. The highest BCUT2D eigenvalue weighted by atomic mass is 32.1. The van der Waals surface area contributed by atoms with Gasteiger partial charge in [0, 0.05) is 6.54 Å². The molecule has 1 fully saturated rings. The maximum atomic E-state index is 4.07. The fourth-order valence-corrected chi connectivity index (χ4v) is 2.65. The van der Waals surface area contributed by atoms with Crippen molar-refractivity contribution in [1.29, 1.82) is 0 Å². The number of nitrogens with one attached hydrogen (secondary N) is 1. The third-order valence-corrected chi connectivity index (χ3v) is 3.80. The number of aromatic nitrogens is 2. The molecule has 1 saturated carbocycles. The molecule has 0 radical (unpaired) electrons. The quantitative estimate of drug-likeness (QED) is 0.835. The van der Waals surface area contributed by atoms with Crippen LogP contribution in [0.15, 0.2) is 0 Å². The number of hydrogen-bond acceptors (Lipinski definition) is 4. The van der Waals surface area contributed by atoms with Crippen LogP contribution in [0.25, 0.3) is 0 Å². The fraction of sp³-hybridized carbons (Fsp3) is 0.800. The lowest BCUT2D eigenvalue weighted by Gasteiger charge is -2.23. The third kappa shape index (κ3) is 2.23. The molecule has 0 bridgehead atoms. The van der Waals surface area contributed by atoms with Crippen molar-refractivity contribution in [2.45, 2.75) is 39.5 Å². The maximum Gasteiger partial charge on any atom is 0.205 e. The molecule has 14 heavy (non-hydrogen) atoms. The van der Waals surface area contributed by atoms with Gasteiger partial charge in [0.05, 0.1) is 0 Å². The highest BCUT2D eigenvalue weighted by molar-refractivity contribution is 7.15. The molecule has 1 aromatic heterocycles. The Labute approximate surface area is 88.9 Å². The maximum absolute atomic E-state index is 4.07. The Morgan fingerprint density at radius 3 is 2.64 bits per heavy atom. The highest BCUT2D eigenvalue weighted by Crippen LogP contribution is 2.37. The summed E-state index contributed by atoms with van der Waals surface area (Å²) in [5.41, 5.74) is 0.486.